The Labute approximate surface area is 347 Å². The normalized spacial score (nSPS) is 14.0. The van der Waals surface area contributed by atoms with Gasteiger partial charge in [0.05, 0.1) is 17.9 Å². The standard InChI is InChI=1S/C48H91NO6S/c1-3-5-7-9-11-13-15-17-19-21-23-25-26-28-30-32-34-36-38-40-42-46(50)45(44-56(53,54)55)49-48(52)47(51)43-41-39-37-35-33-31-29-27-24-22-20-18-16-14-12-10-8-6-4-2/h25-26,32,34,40,42,45-47,50-51H,3-24,27-31,33,35-39,41,43-44H2,1-2H3,(H,49,52)(H,53,54,55)/b26-25+,34-32+,42-40+. The van der Waals surface area contributed by atoms with Crippen molar-refractivity contribution in [3.63, 3.8) is 0 Å². The predicted molar refractivity (Wildman–Crippen MR) is 241 cm³/mol. The Balaban J connectivity index is 4.00. The van der Waals surface area contributed by atoms with Crippen molar-refractivity contribution < 1.29 is 28.0 Å². The maximum Gasteiger partial charge on any atom is 0.267 e. The molecule has 56 heavy (non-hydrogen) atoms. The van der Waals surface area contributed by atoms with Gasteiger partial charge in [-0.15, -0.1) is 0 Å². The van der Waals surface area contributed by atoms with Crippen molar-refractivity contribution in [2.45, 2.75) is 257 Å². The Kier molecular flexibility index (Phi) is 40.6. The molecule has 330 valence electrons. The lowest BCUT2D eigenvalue weighted by atomic mass is 10.0. The lowest BCUT2D eigenvalue weighted by molar-refractivity contribution is -0.130. The molecule has 3 atom stereocenters. The molecule has 0 saturated carbocycles. The van der Waals surface area contributed by atoms with Crippen molar-refractivity contribution >= 4 is 16.0 Å². The van der Waals surface area contributed by atoms with Crippen molar-refractivity contribution in [3.8, 4) is 0 Å². The molecule has 0 rings (SSSR count). The van der Waals surface area contributed by atoms with Crippen LogP contribution in [0.1, 0.15) is 239 Å². The highest BCUT2D eigenvalue weighted by Crippen LogP contribution is 2.16. The number of carbonyl (C=O) groups is 1. The monoisotopic (exact) mass is 810 g/mol. The maximum absolute atomic E-state index is 12.6. The van der Waals surface area contributed by atoms with Crippen LogP contribution in [0.5, 0.6) is 0 Å². The summed E-state index contributed by atoms with van der Waals surface area (Å²) in [5, 5.41) is 23.5. The van der Waals surface area contributed by atoms with Crippen LogP contribution in [-0.2, 0) is 14.9 Å². The van der Waals surface area contributed by atoms with Gasteiger partial charge in [-0.3, -0.25) is 9.35 Å². The molecule has 3 unspecified atom stereocenters. The van der Waals surface area contributed by atoms with Crippen LogP contribution in [-0.4, -0.2) is 53.1 Å². The maximum atomic E-state index is 12.6. The number of aliphatic hydroxyl groups is 2. The largest absolute Gasteiger partial charge is 0.387 e. The second-order valence-corrected chi connectivity index (χ2v) is 18.0. The van der Waals surface area contributed by atoms with Gasteiger partial charge >= 0.3 is 0 Å². The smallest absolute Gasteiger partial charge is 0.267 e. The topological polar surface area (TPSA) is 124 Å². The van der Waals surface area contributed by atoms with Gasteiger partial charge in [0.15, 0.2) is 0 Å². The van der Waals surface area contributed by atoms with Gasteiger partial charge in [0, 0.05) is 0 Å². The molecule has 0 heterocycles. The van der Waals surface area contributed by atoms with Gasteiger partial charge in [0.1, 0.15) is 6.10 Å². The average Bonchev–Trinajstić information content (AvgIpc) is 3.17. The molecule has 0 aliphatic heterocycles. The van der Waals surface area contributed by atoms with Crippen molar-refractivity contribution in [1.82, 2.24) is 5.32 Å². The number of hydrogen-bond donors (Lipinski definition) is 4. The van der Waals surface area contributed by atoms with Crippen molar-refractivity contribution in [3.05, 3.63) is 36.5 Å². The Hall–Kier alpha value is -1.48. The molecule has 0 saturated heterocycles. The van der Waals surface area contributed by atoms with Gasteiger partial charge in [-0.05, 0) is 44.9 Å². The Bertz CT molecular complexity index is 1040. The third-order valence-corrected chi connectivity index (χ3v) is 11.7. The Morgan fingerprint density at radius 1 is 0.482 bits per heavy atom. The van der Waals surface area contributed by atoms with Gasteiger partial charge in [0.2, 0.25) is 5.91 Å². The first kappa shape index (κ1) is 54.5. The summed E-state index contributed by atoms with van der Waals surface area (Å²) in [6.07, 6.45) is 52.1. The fourth-order valence-electron chi connectivity index (χ4n) is 7.25. The van der Waals surface area contributed by atoms with Crippen LogP contribution >= 0.6 is 0 Å². The van der Waals surface area contributed by atoms with Crippen LogP contribution in [0, 0.1) is 0 Å². The van der Waals surface area contributed by atoms with E-state index in [1.54, 1.807) is 6.08 Å². The quantitative estimate of drug-likeness (QED) is 0.0276. The molecule has 0 spiro atoms. The lowest BCUT2D eigenvalue weighted by Gasteiger charge is -2.22. The summed E-state index contributed by atoms with van der Waals surface area (Å²) in [5.41, 5.74) is 0. The molecule has 4 N–H and O–H groups in total. The van der Waals surface area contributed by atoms with E-state index in [2.05, 4.69) is 43.5 Å². The molecule has 1 amide bonds. The fraction of sp³-hybridized carbons (Fsp3) is 0.854. The fourth-order valence-corrected chi connectivity index (χ4v) is 7.99. The number of allylic oxidation sites excluding steroid dienone is 5. The number of amides is 1. The summed E-state index contributed by atoms with van der Waals surface area (Å²) in [5.74, 6) is -1.56. The first-order valence-corrected chi connectivity index (χ1v) is 25.4. The van der Waals surface area contributed by atoms with Crippen LogP contribution < -0.4 is 5.32 Å². The zero-order valence-corrected chi connectivity index (χ0v) is 37.4. The highest BCUT2D eigenvalue weighted by atomic mass is 32.2. The van der Waals surface area contributed by atoms with E-state index < -0.39 is 40.0 Å². The molecule has 0 aliphatic carbocycles. The molecular weight excluding hydrogens is 719 g/mol. The highest BCUT2D eigenvalue weighted by Gasteiger charge is 2.27. The van der Waals surface area contributed by atoms with Gasteiger partial charge in [-0.1, -0.05) is 230 Å². The summed E-state index contributed by atoms with van der Waals surface area (Å²) in [7, 11) is -4.46. The number of hydrogen-bond acceptors (Lipinski definition) is 5. The third-order valence-electron chi connectivity index (χ3n) is 10.9. The number of unbranched alkanes of at least 4 members (excludes halogenated alkanes) is 30. The van der Waals surface area contributed by atoms with Gasteiger partial charge in [0.25, 0.3) is 10.1 Å². The minimum Gasteiger partial charge on any atom is -0.387 e. The second-order valence-electron chi connectivity index (χ2n) is 16.5. The first-order chi connectivity index (χ1) is 27.2. The number of aliphatic hydroxyl groups excluding tert-OH is 2. The highest BCUT2D eigenvalue weighted by molar-refractivity contribution is 7.85. The number of carbonyl (C=O) groups excluding carboxylic acids is 1. The summed E-state index contributed by atoms with van der Waals surface area (Å²) >= 11 is 0. The molecule has 0 aliphatic rings. The summed E-state index contributed by atoms with van der Waals surface area (Å²) < 4.78 is 32.6. The van der Waals surface area contributed by atoms with Crippen molar-refractivity contribution in [2.75, 3.05) is 5.75 Å². The SMILES string of the molecule is CCCCCCCCCCCC/C=C/CC/C=C/CC/C=C/C(O)C(CS(=O)(=O)O)NC(=O)C(O)CCCCCCCCCCCCCCCCCCCCC. The van der Waals surface area contributed by atoms with Gasteiger partial charge < -0.3 is 15.5 Å². The van der Waals surface area contributed by atoms with Crippen molar-refractivity contribution in [1.29, 1.82) is 0 Å². The minimum absolute atomic E-state index is 0.275. The van der Waals surface area contributed by atoms with Gasteiger partial charge in [-0.25, -0.2) is 0 Å². The number of rotatable bonds is 43. The molecule has 0 aromatic heterocycles. The van der Waals surface area contributed by atoms with E-state index in [9.17, 15) is 28.0 Å². The molecule has 0 bridgehead atoms. The summed E-state index contributed by atoms with van der Waals surface area (Å²) in [6.45, 7) is 4.53. The second kappa shape index (κ2) is 41.7. The minimum atomic E-state index is -4.46. The molecule has 0 aromatic rings. The lowest BCUT2D eigenvalue weighted by Crippen LogP contribution is -2.50. The molecular formula is C48H91NO6S. The molecule has 0 aromatic carbocycles. The van der Waals surface area contributed by atoms with Crippen LogP contribution in [0.3, 0.4) is 0 Å². The first-order valence-electron chi connectivity index (χ1n) is 23.8. The molecule has 8 heteroatoms. The summed E-state index contributed by atoms with van der Waals surface area (Å²) in [6, 6.07) is -1.25. The average molecular weight is 810 g/mol. The van der Waals surface area contributed by atoms with Crippen LogP contribution in [0.4, 0.5) is 0 Å². The van der Waals surface area contributed by atoms with Crippen LogP contribution in [0.15, 0.2) is 36.5 Å². The van der Waals surface area contributed by atoms with E-state index in [1.165, 1.54) is 167 Å². The predicted octanol–water partition coefficient (Wildman–Crippen LogP) is 13.4. The molecule has 0 fully saturated rings. The Morgan fingerprint density at radius 3 is 1.18 bits per heavy atom. The van der Waals surface area contributed by atoms with Crippen molar-refractivity contribution in [2.24, 2.45) is 0 Å². The third kappa shape index (κ3) is 40.7. The van der Waals surface area contributed by atoms with E-state index in [0.29, 0.717) is 12.8 Å². The summed E-state index contributed by atoms with van der Waals surface area (Å²) in [4.78, 5) is 12.6. The van der Waals surface area contributed by atoms with E-state index in [0.717, 1.165) is 44.9 Å². The molecule has 0 radical (unpaired) electrons. The zero-order chi connectivity index (χ0) is 41.2. The van der Waals surface area contributed by atoms with E-state index in [-0.39, 0.29) is 6.42 Å². The zero-order valence-electron chi connectivity index (χ0n) is 36.6. The van der Waals surface area contributed by atoms with E-state index in [1.807, 2.05) is 0 Å². The molecule has 7 nitrogen and oxygen atoms in total. The van der Waals surface area contributed by atoms with Gasteiger partial charge in [-0.2, -0.15) is 8.42 Å². The van der Waals surface area contributed by atoms with E-state index >= 15 is 0 Å². The van der Waals surface area contributed by atoms with E-state index in [4.69, 9.17) is 0 Å². The number of nitrogens with one attached hydrogen (secondary N) is 1. The van der Waals surface area contributed by atoms with Crippen LogP contribution in [0.25, 0.3) is 0 Å². The van der Waals surface area contributed by atoms with Crippen LogP contribution in [0.2, 0.25) is 0 Å². The Morgan fingerprint density at radius 2 is 0.804 bits per heavy atom.